The van der Waals surface area contributed by atoms with Crippen molar-refractivity contribution in [2.45, 2.75) is 13.8 Å². The van der Waals surface area contributed by atoms with Crippen molar-refractivity contribution in [3.8, 4) is 5.75 Å². The fraction of sp³-hybridized carbons (Fsp3) is 0.207. The molecule has 2 amide bonds. The van der Waals surface area contributed by atoms with Gasteiger partial charge in [0.15, 0.2) is 0 Å². The van der Waals surface area contributed by atoms with E-state index in [4.69, 9.17) is 11.6 Å². The van der Waals surface area contributed by atoms with E-state index < -0.39 is 11.8 Å². The molecule has 0 aliphatic carbocycles. The summed E-state index contributed by atoms with van der Waals surface area (Å²) < 4.78 is 0. The summed E-state index contributed by atoms with van der Waals surface area (Å²) >= 11 is 6.17. The van der Waals surface area contributed by atoms with E-state index >= 15 is 0 Å². The lowest BCUT2D eigenvalue weighted by Crippen LogP contribution is -2.33. The zero-order chi connectivity index (χ0) is 27.7. The molecule has 0 unspecified atom stereocenters. The molecule has 0 heterocycles. The van der Waals surface area contributed by atoms with Crippen molar-refractivity contribution in [2.24, 2.45) is 5.10 Å². The molecule has 3 aromatic rings. The minimum absolute atomic E-state index is 0.0224. The molecule has 0 spiro atoms. The van der Waals surface area contributed by atoms with Gasteiger partial charge in [0.25, 0.3) is 11.8 Å². The van der Waals surface area contributed by atoms with Gasteiger partial charge in [0.05, 0.1) is 16.8 Å². The highest BCUT2D eigenvalue weighted by molar-refractivity contribution is 6.34. The van der Waals surface area contributed by atoms with E-state index in [2.05, 4.69) is 20.7 Å². The molecule has 0 fully saturated rings. The SMILES string of the molecule is CCN(CC)c1ccc(C=NNC(=O)/C(=C/c2ccc(N(C)C)cc2)NC(=O)c2ccccc2Cl)c(O)c1. The number of carbonyl (C=O) groups excluding carboxylic acids is 2. The van der Waals surface area contributed by atoms with Crippen molar-refractivity contribution in [1.82, 2.24) is 10.7 Å². The van der Waals surface area contributed by atoms with E-state index in [1.807, 2.05) is 63.2 Å². The van der Waals surface area contributed by atoms with Gasteiger partial charge in [-0.25, -0.2) is 5.43 Å². The Morgan fingerprint density at radius 1 is 0.974 bits per heavy atom. The first kappa shape index (κ1) is 28.3. The number of nitrogens with zero attached hydrogens (tertiary/aromatic N) is 3. The van der Waals surface area contributed by atoms with Crippen LogP contribution >= 0.6 is 11.6 Å². The van der Waals surface area contributed by atoms with E-state index in [9.17, 15) is 14.7 Å². The Bertz CT molecular complexity index is 1330. The Hall–Kier alpha value is -4.30. The Balaban J connectivity index is 1.82. The molecule has 3 aromatic carbocycles. The van der Waals surface area contributed by atoms with E-state index in [0.29, 0.717) is 11.1 Å². The topological polar surface area (TPSA) is 97.3 Å². The van der Waals surface area contributed by atoms with Crippen molar-refractivity contribution in [3.05, 3.63) is 94.1 Å². The third kappa shape index (κ3) is 7.36. The number of hydrogen-bond donors (Lipinski definition) is 3. The van der Waals surface area contributed by atoms with Crippen LogP contribution in [0.1, 0.15) is 35.3 Å². The smallest absolute Gasteiger partial charge is 0.287 e. The fourth-order valence-corrected chi connectivity index (χ4v) is 3.90. The van der Waals surface area contributed by atoms with Gasteiger partial charge in [-0.1, -0.05) is 35.9 Å². The molecule has 3 rings (SSSR count). The molecule has 8 nitrogen and oxygen atoms in total. The Labute approximate surface area is 228 Å². The first-order valence-corrected chi connectivity index (χ1v) is 12.6. The summed E-state index contributed by atoms with van der Waals surface area (Å²) in [6.45, 7) is 5.70. The molecule has 0 saturated carbocycles. The zero-order valence-corrected chi connectivity index (χ0v) is 22.7. The second-order valence-electron chi connectivity index (χ2n) is 8.59. The number of amides is 2. The number of hydrazone groups is 1. The van der Waals surface area contributed by atoms with Gasteiger partial charge in [-0.15, -0.1) is 0 Å². The zero-order valence-electron chi connectivity index (χ0n) is 21.9. The van der Waals surface area contributed by atoms with E-state index in [1.54, 1.807) is 42.5 Å². The predicted octanol–water partition coefficient (Wildman–Crippen LogP) is 4.88. The van der Waals surface area contributed by atoms with E-state index in [-0.39, 0.29) is 22.0 Å². The lowest BCUT2D eigenvalue weighted by Gasteiger charge is -2.21. The minimum Gasteiger partial charge on any atom is -0.507 e. The maximum Gasteiger partial charge on any atom is 0.287 e. The quantitative estimate of drug-likeness (QED) is 0.196. The fourth-order valence-electron chi connectivity index (χ4n) is 3.68. The molecule has 0 bridgehead atoms. The summed E-state index contributed by atoms with van der Waals surface area (Å²) in [6.07, 6.45) is 2.90. The van der Waals surface area contributed by atoms with Crippen LogP contribution < -0.4 is 20.5 Å². The second kappa shape index (κ2) is 13.3. The van der Waals surface area contributed by atoms with E-state index in [0.717, 1.165) is 24.5 Å². The van der Waals surface area contributed by atoms with Crippen LogP contribution in [0.4, 0.5) is 11.4 Å². The lowest BCUT2D eigenvalue weighted by molar-refractivity contribution is -0.117. The summed E-state index contributed by atoms with van der Waals surface area (Å²) in [5, 5.41) is 17.3. The van der Waals surface area contributed by atoms with Crippen molar-refractivity contribution >= 4 is 47.1 Å². The average molecular weight is 534 g/mol. The van der Waals surface area contributed by atoms with Gasteiger partial charge in [-0.05, 0) is 61.9 Å². The molecule has 0 aliphatic heterocycles. The van der Waals surface area contributed by atoms with Crippen LogP contribution in [0.3, 0.4) is 0 Å². The average Bonchev–Trinajstić information content (AvgIpc) is 2.90. The van der Waals surface area contributed by atoms with Crippen LogP contribution in [0.25, 0.3) is 6.08 Å². The normalized spacial score (nSPS) is 11.3. The minimum atomic E-state index is -0.641. The lowest BCUT2D eigenvalue weighted by atomic mass is 10.1. The highest BCUT2D eigenvalue weighted by Gasteiger charge is 2.16. The largest absolute Gasteiger partial charge is 0.507 e. The van der Waals surface area contributed by atoms with Crippen LogP contribution in [-0.2, 0) is 4.79 Å². The van der Waals surface area contributed by atoms with E-state index in [1.165, 1.54) is 6.21 Å². The van der Waals surface area contributed by atoms with Crippen molar-refractivity contribution in [2.75, 3.05) is 37.0 Å². The van der Waals surface area contributed by atoms with Gasteiger partial charge in [0, 0.05) is 50.2 Å². The number of phenols is 1. The summed E-state index contributed by atoms with van der Waals surface area (Å²) in [5.41, 5.74) is 5.66. The molecule has 198 valence electrons. The predicted molar refractivity (Wildman–Crippen MR) is 155 cm³/mol. The third-order valence-corrected chi connectivity index (χ3v) is 6.17. The molecule has 0 atom stereocenters. The Morgan fingerprint density at radius 2 is 1.63 bits per heavy atom. The summed E-state index contributed by atoms with van der Waals surface area (Å²) in [4.78, 5) is 30.0. The number of hydrogen-bond acceptors (Lipinski definition) is 6. The van der Waals surface area contributed by atoms with Gasteiger partial charge in [0.1, 0.15) is 11.4 Å². The van der Waals surface area contributed by atoms with Crippen LogP contribution in [0, 0.1) is 0 Å². The summed E-state index contributed by atoms with van der Waals surface area (Å²) in [5.74, 6) is -1.13. The van der Waals surface area contributed by atoms with Crippen LogP contribution in [0.15, 0.2) is 77.5 Å². The Kier molecular flexibility index (Phi) is 9.90. The summed E-state index contributed by atoms with van der Waals surface area (Å²) in [6, 6.07) is 19.3. The van der Waals surface area contributed by atoms with Gasteiger partial charge in [-0.2, -0.15) is 5.10 Å². The number of anilines is 2. The van der Waals surface area contributed by atoms with Gasteiger partial charge >= 0.3 is 0 Å². The second-order valence-corrected chi connectivity index (χ2v) is 9.00. The number of nitrogens with one attached hydrogen (secondary N) is 2. The molecule has 0 radical (unpaired) electrons. The molecule has 3 N–H and O–H groups in total. The van der Waals surface area contributed by atoms with Gasteiger partial charge in [-0.3, -0.25) is 9.59 Å². The van der Waals surface area contributed by atoms with Gasteiger partial charge in [0.2, 0.25) is 0 Å². The van der Waals surface area contributed by atoms with Crippen molar-refractivity contribution in [3.63, 3.8) is 0 Å². The number of phenolic OH excluding ortho intramolecular Hbond substituents is 1. The third-order valence-electron chi connectivity index (χ3n) is 5.84. The maximum atomic E-state index is 13.1. The van der Waals surface area contributed by atoms with Crippen molar-refractivity contribution < 1.29 is 14.7 Å². The monoisotopic (exact) mass is 533 g/mol. The molecule has 38 heavy (non-hydrogen) atoms. The first-order chi connectivity index (χ1) is 18.2. The number of carbonyl (C=O) groups is 2. The highest BCUT2D eigenvalue weighted by atomic mass is 35.5. The molecule has 9 heteroatoms. The van der Waals surface area contributed by atoms with Crippen LogP contribution in [0.5, 0.6) is 5.75 Å². The molecule has 0 aromatic heterocycles. The molecular formula is C29H32ClN5O3. The number of benzene rings is 3. The van der Waals surface area contributed by atoms with Gasteiger partial charge < -0.3 is 20.2 Å². The number of rotatable bonds is 10. The number of halogens is 1. The number of aromatic hydroxyl groups is 1. The standard InChI is InChI=1S/C29H32ClN5O3/c1-5-35(6-2)23-16-13-21(27(36)18-23)19-31-33-29(38)26(17-20-11-14-22(15-12-20)34(3)4)32-28(37)24-9-7-8-10-25(24)30/h7-19,36H,5-6H2,1-4H3,(H,32,37)(H,33,38)/b26-17-,31-19?. The van der Waals surface area contributed by atoms with Crippen LogP contribution in [-0.4, -0.2) is 50.3 Å². The molecule has 0 aliphatic rings. The van der Waals surface area contributed by atoms with Crippen molar-refractivity contribution in [1.29, 1.82) is 0 Å². The van der Waals surface area contributed by atoms with Crippen LogP contribution in [0.2, 0.25) is 5.02 Å². The molecular weight excluding hydrogens is 502 g/mol. The molecule has 0 saturated heterocycles. The summed E-state index contributed by atoms with van der Waals surface area (Å²) in [7, 11) is 3.86. The highest BCUT2D eigenvalue weighted by Crippen LogP contribution is 2.23. The first-order valence-electron chi connectivity index (χ1n) is 12.2. The Morgan fingerprint density at radius 3 is 2.24 bits per heavy atom. The maximum absolute atomic E-state index is 13.1.